The van der Waals surface area contributed by atoms with Gasteiger partial charge < -0.3 is 15.2 Å². The summed E-state index contributed by atoms with van der Waals surface area (Å²) in [5.74, 6) is -3.24. The number of hydrogen-bond acceptors (Lipinski definition) is 7. The number of hydrogen-bond donors (Lipinski definition) is 2. The predicted octanol–water partition coefficient (Wildman–Crippen LogP) is 0.657. The Hall–Kier alpha value is -3.95. The molecule has 29 heavy (non-hydrogen) atoms. The van der Waals surface area contributed by atoms with Gasteiger partial charge in [0.1, 0.15) is 11.7 Å². The van der Waals surface area contributed by atoms with Crippen molar-refractivity contribution in [1.82, 2.24) is 10.7 Å². The molecule has 0 aliphatic carbocycles. The summed E-state index contributed by atoms with van der Waals surface area (Å²) < 4.78 is 4.84. The topological polar surface area (TPSA) is 146 Å². The Morgan fingerprint density at radius 1 is 1.34 bits per heavy atom. The fourth-order valence-electron chi connectivity index (χ4n) is 3.13. The molecule has 1 aliphatic heterocycles. The van der Waals surface area contributed by atoms with E-state index in [1.54, 1.807) is 0 Å². The maximum absolute atomic E-state index is 12.5. The van der Waals surface area contributed by atoms with Gasteiger partial charge in [0.15, 0.2) is 0 Å². The molecule has 0 radical (unpaired) electrons. The molecule has 0 unspecified atom stereocenters. The summed E-state index contributed by atoms with van der Waals surface area (Å²) in [6, 6.07) is 11.1. The van der Waals surface area contributed by atoms with Gasteiger partial charge in [-0.15, -0.1) is 0 Å². The Morgan fingerprint density at radius 3 is 2.72 bits per heavy atom. The Balaban J connectivity index is 1.78. The number of nitro benzene ring substituents is 1. The average Bonchev–Trinajstić information content (AvgIpc) is 3.11. The summed E-state index contributed by atoms with van der Waals surface area (Å²) in [7, 11) is 1.21. The lowest BCUT2D eigenvalue weighted by Crippen LogP contribution is -2.34. The molecule has 3 rings (SSSR count). The number of non-ortho nitro benzene ring substituents is 1. The maximum Gasteiger partial charge on any atom is 0.273 e. The van der Waals surface area contributed by atoms with Gasteiger partial charge in [-0.3, -0.25) is 19.7 Å². The molecule has 0 bridgehead atoms. The third kappa shape index (κ3) is 4.15. The first-order chi connectivity index (χ1) is 13.9. The zero-order valence-corrected chi connectivity index (χ0v) is 15.3. The van der Waals surface area contributed by atoms with Crippen LogP contribution in [0.5, 0.6) is 11.5 Å². The van der Waals surface area contributed by atoms with Crippen molar-refractivity contribution in [3.63, 3.8) is 0 Å². The first-order valence-electron chi connectivity index (χ1n) is 8.61. The number of nitrogens with one attached hydrogen (secondary N) is 2. The van der Waals surface area contributed by atoms with Gasteiger partial charge in [0, 0.05) is 18.5 Å². The molecule has 1 heterocycles. The first kappa shape index (κ1) is 19.8. The molecule has 1 aliphatic rings. The van der Waals surface area contributed by atoms with Crippen LogP contribution < -0.4 is 20.6 Å². The standard InChI is InChI=1S/C19H18N4O6/c1-29-15-8-13(23(27)28)7-12(17(15)24)9-21-22-19(26)16-14(10-20-18(16)25)11-5-3-2-4-6-11/h2-9,14,16,24H,10H2,1H3,(H,20,25)(H,22,26)/p-1/b21-9+/t14-,16+/m1/s1. The summed E-state index contributed by atoms with van der Waals surface area (Å²) in [6.45, 7) is 0.317. The van der Waals surface area contributed by atoms with Crippen molar-refractivity contribution in [1.29, 1.82) is 0 Å². The van der Waals surface area contributed by atoms with E-state index >= 15 is 0 Å². The van der Waals surface area contributed by atoms with E-state index in [9.17, 15) is 24.8 Å². The van der Waals surface area contributed by atoms with E-state index in [2.05, 4.69) is 15.8 Å². The van der Waals surface area contributed by atoms with Crippen molar-refractivity contribution < 1.29 is 24.4 Å². The van der Waals surface area contributed by atoms with Crippen LogP contribution in [0.2, 0.25) is 0 Å². The lowest BCUT2D eigenvalue weighted by atomic mass is 9.88. The fraction of sp³-hybridized carbons (Fsp3) is 0.211. The lowest BCUT2D eigenvalue weighted by Gasteiger charge is -2.16. The molecule has 10 heteroatoms. The number of benzene rings is 2. The molecule has 2 aromatic carbocycles. The smallest absolute Gasteiger partial charge is 0.273 e. The highest BCUT2D eigenvalue weighted by molar-refractivity contribution is 6.03. The van der Waals surface area contributed by atoms with Crippen molar-refractivity contribution in [2.75, 3.05) is 13.7 Å². The van der Waals surface area contributed by atoms with E-state index < -0.39 is 28.4 Å². The zero-order chi connectivity index (χ0) is 21.0. The van der Waals surface area contributed by atoms with E-state index in [-0.39, 0.29) is 22.9 Å². The Morgan fingerprint density at radius 2 is 2.07 bits per heavy atom. The van der Waals surface area contributed by atoms with Crippen LogP contribution in [-0.2, 0) is 9.59 Å². The summed E-state index contributed by atoms with van der Waals surface area (Å²) in [6.07, 6.45) is 0.986. The Kier molecular flexibility index (Phi) is 5.72. The Labute approximate surface area is 165 Å². The number of ether oxygens (including phenoxy) is 1. The minimum Gasteiger partial charge on any atom is -0.870 e. The number of amides is 2. The second-order valence-corrected chi connectivity index (χ2v) is 6.30. The van der Waals surface area contributed by atoms with Crippen LogP contribution in [0, 0.1) is 16.0 Å². The van der Waals surface area contributed by atoms with Crippen LogP contribution in [0.15, 0.2) is 47.6 Å². The number of methoxy groups -OCH3 is 1. The third-order valence-electron chi connectivity index (χ3n) is 4.57. The molecule has 1 saturated heterocycles. The molecule has 1 fully saturated rings. The maximum atomic E-state index is 12.5. The molecule has 150 valence electrons. The highest BCUT2D eigenvalue weighted by atomic mass is 16.6. The van der Waals surface area contributed by atoms with Crippen LogP contribution in [0.1, 0.15) is 17.0 Å². The quantitative estimate of drug-likeness (QED) is 0.317. The van der Waals surface area contributed by atoms with Gasteiger partial charge in [-0.05, 0) is 11.1 Å². The van der Waals surface area contributed by atoms with E-state index in [0.29, 0.717) is 6.54 Å². The van der Waals surface area contributed by atoms with E-state index in [1.165, 1.54) is 7.11 Å². The van der Waals surface area contributed by atoms with Gasteiger partial charge in [-0.1, -0.05) is 36.1 Å². The number of nitrogens with zero attached hydrogens (tertiary/aromatic N) is 2. The molecule has 2 N–H and O–H groups in total. The molecular formula is C19H17N4O6-. The monoisotopic (exact) mass is 397 g/mol. The zero-order valence-electron chi connectivity index (χ0n) is 15.3. The summed E-state index contributed by atoms with van der Waals surface area (Å²) in [5.41, 5.74) is 2.58. The number of hydrazone groups is 1. The van der Waals surface area contributed by atoms with Crippen LogP contribution >= 0.6 is 0 Å². The molecule has 2 amide bonds. The predicted molar refractivity (Wildman–Crippen MR) is 101 cm³/mol. The SMILES string of the molecule is COc1cc([N+](=O)[O-])cc(/C=N/NC(=O)[C@@H]2C(=O)NC[C@@H]2c2ccccc2)c1[O-]. The molecule has 0 saturated carbocycles. The van der Waals surface area contributed by atoms with Crippen LogP contribution in [0.3, 0.4) is 0 Å². The summed E-state index contributed by atoms with van der Waals surface area (Å²) in [4.78, 5) is 35.0. The molecular weight excluding hydrogens is 380 g/mol. The molecule has 0 aromatic heterocycles. The second-order valence-electron chi connectivity index (χ2n) is 6.30. The van der Waals surface area contributed by atoms with E-state index in [4.69, 9.17) is 4.74 Å². The normalized spacial score (nSPS) is 18.4. The average molecular weight is 397 g/mol. The second kappa shape index (κ2) is 8.38. The minimum atomic E-state index is -0.985. The first-order valence-corrected chi connectivity index (χ1v) is 8.61. The van der Waals surface area contributed by atoms with Crippen LogP contribution in [-0.4, -0.2) is 36.6 Å². The van der Waals surface area contributed by atoms with E-state index in [0.717, 1.165) is 23.9 Å². The minimum absolute atomic E-state index is 0.133. The van der Waals surface area contributed by atoms with Crippen molar-refractivity contribution in [3.8, 4) is 11.5 Å². The molecule has 2 atom stereocenters. The summed E-state index contributed by atoms with van der Waals surface area (Å²) >= 11 is 0. The number of carbonyl (C=O) groups excluding carboxylic acids is 2. The van der Waals surface area contributed by atoms with E-state index in [1.807, 2.05) is 30.3 Å². The van der Waals surface area contributed by atoms with Gasteiger partial charge in [0.2, 0.25) is 5.91 Å². The molecule has 0 spiro atoms. The highest BCUT2D eigenvalue weighted by Crippen LogP contribution is 2.31. The largest absolute Gasteiger partial charge is 0.870 e. The van der Waals surface area contributed by atoms with Crippen molar-refractivity contribution in [2.45, 2.75) is 5.92 Å². The lowest BCUT2D eigenvalue weighted by molar-refractivity contribution is -0.385. The third-order valence-corrected chi connectivity index (χ3v) is 4.57. The van der Waals surface area contributed by atoms with Gasteiger partial charge in [0.25, 0.3) is 11.6 Å². The van der Waals surface area contributed by atoms with Gasteiger partial charge >= 0.3 is 0 Å². The number of rotatable bonds is 6. The fourth-order valence-corrected chi connectivity index (χ4v) is 3.13. The number of nitro groups is 1. The van der Waals surface area contributed by atoms with Crippen molar-refractivity contribution in [2.24, 2.45) is 11.0 Å². The van der Waals surface area contributed by atoms with Crippen LogP contribution in [0.25, 0.3) is 0 Å². The van der Waals surface area contributed by atoms with Gasteiger partial charge in [0.05, 0.1) is 24.3 Å². The molecule has 10 nitrogen and oxygen atoms in total. The molecule has 2 aromatic rings. The van der Waals surface area contributed by atoms with Gasteiger partial charge in [-0.25, -0.2) is 5.43 Å². The number of carbonyl (C=O) groups is 2. The van der Waals surface area contributed by atoms with Crippen molar-refractivity contribution >= 4 is 23.7 Å². The van der Waals surface area contributed by atoms with Gasteiger partial charge in [-0.2, -0.15) is 5.10 Å². The summed E-state index contributed by atoms with van der Waals surface area (Å²) in [5, 5.41) is 29.5. The highest BCUT2D eigenvalue weighted by Gasteiger charge is 2.40. The van der Waals surface area contributed by atoms with Crippen LogP contribution in [0.4, 0.5) is 5.69 Å². The van der Waals surface area contributed by atoms with Crippen molar-refractivity contribution in [3.05, 3.63) is 63.7 Å². The Bertz CT molecular complexity index is 976.